The highest BCUT2D eigenvalue weighted by Gasteiger charge is 2.15. The van der Waals surface area contributed by atoms with E-state index in [2.05, 4.69) is 10.0 Å². The Morgan fingerprint density at radius 3 is 2.17 bits per heavy atom. The first-order valence-corrected chi connectivity index (χ1v) is 10.3. The molecule has 0 aromatic heterocycles. The minimum absolute atomic E-state index is 0.0439. The first-order valence-electron chi connectivity index (χ1n) is 8.71. The molecular formula is C20H24N2O6S. The van der Waals surface area contributed by atoms with Crippen LogP contribution in [0, 0.1) is 0 Å². The van der Waals surface area contributed by atoms with Crippen LogP contribution in [0.15, 0.2) is 47.9 Å². The Morgan fingerprint density at radius 2 is 1.62 bits per heavy atom. The Bertz CT molecular complexity index is 933. The van der Waals surface area contributed by atoms with Crippen molar-refractivity contribution >= 4 is 27.7 Å². The van der Waals surface area contributed by atoms with E-state index in [0.717, 1.165) is 11.0 Å². The molecule has 0 bridgehead atoms. The van der Waals surface area contributed by atoms with E-state index in [1.807, 2.05) is 18.2 Å². The van der Waals surface area contributed by atoms with Gasteiger partial charge in [0.25, 0.3) is 0 Å². The minimum Gasteiger partial charge on any atom is -0.493 e. The normalized spacial score (nSPS) is 11.3. The number of hydrogen-bond donors (Lipinski definition) is 2. The van der Waals surface area contributed by atoms with E-state index in [1.165, 1.54) is 27.4 Å². The first kappa shape index (κ1) is 22.3. The summed E-state index contributed by atoms with van der Waals surface area (Å²) in [6.07, 6.45) is 1.44. The van der Waals surface area contributed by atoms with Crippen LogP contribution in [0.3, 0.4) is 0 Å². The lowest BCUT2D eigenvalue weighted by Crippen LogP contribution is -2.26. The van der Waals surface area contributed by atoms with Crippen LogP contribution in [0.25, 0.3) is 6.08 Å². The Labute approximate surface area is 170 Å². The molecule has 0 aliphatic carbocycles. The maximum atomic E-state index is 12.2. The summed E-state index contributed by atoms with van der Waals surface area (Å²) in [5, 5.41) is 3.75. The van der Waals surface area contributed by atoms with Gasteiger partial charge in [-0.25, -0.2) is 13.1 Å². The third kappa shape index (κ3) is 6.81. The molecule has 29 heavy (non-hydrogen) atoms. The zero-order valence-electron chi connectivity index (χ0n) is 16.5. The molecule has 156 valence electrons. The number of sulfonamides is 1. The molecule has 9 heteroatoms. The summed E-state index contributed by atoms with van der Waals surface area (Å²) in [5.41, 5.74) is 1.20. The molecule has 0 saturated carbocycles. The van der Waals surface area contributed by atoms with Gasteiger partial charge in [-0.3, -0.25) is 4.79 Å². The summed E-state index contributed by atoms with van der Waals surface area (Å²) < 4.78 is 42.1. The molecule has 0 fully saturated rings. The van der Waals surface area contributed by atoms with E-state index in [1.54, 1.807) is 24.3 Å². The van der Waals surface area contributed by atoms with E-state index in [-0.39, 0.29) is 18.9 Å². The Kier molecular flexibility index (Phi) is 8.05. The van der Waals surface area contributed by atoms with Crippen molar-refractivity contribution in [3.05, 3.63) is 53.4 Å². The van der Waals surface area contributed by atoms with Gasteiger partial charge in [-0.15, -0.1) is 0 Å². The SMILES string of the molecule is COc1cc(NC(=O)CCNS(=O)(=O)/C=C/c2ccccc2)cc(OC)c1OC. The van der Waals surface area contributed by atoms with Crippen LogP contribution in [0.4, 0.5) is 5.69 Å². The molecule has 2 aromatic rings. The number of amides is 1. The highest BCUT2D eigenvalue weighted by Crippen LogP contribution is 2.39. The number of ether oxygens (including phenoxy) is 3. The molecule has 0 atom stereocenters. The summed E-state index contributed by atoms with van der Waals surface area (Å²) in [4.78, 5) is 12.2. The van der Waals surface area contributed by atoms with Gasteiger partial charge in [0.15, 0.2) is 11.5 Å². The van der Waals surface area contributed by atoms with E-state index >= 15 is 0 Å². The van der Waals surface area contributed by atoms with Crippen molar-refractivity contribution in [1.82, 2.24) is 4.72 Å². The zero-order valence-corrected chi connectivity index (χ0v) is 17.3. The zero-order chi connectivity index (χ0) is 21.3. The average molecular weight is 420 g/mol. The quantitative estimate of drug-likeness (QED) is 0.613. The van der Waals surface area contributed by atoms with Crippen molar-refractivity contribution in [3.8, 4) is 17.2 Å². The van der Waals surface area contributed by atoms with Crippen molar-refractivity contribution in [2.45, 2.75) is 6.42 Å². The predicted molar refractivity (Wildman–Crippen MR) is 112 cm³/mol. The molecule has 8 nitrogen and oxygen atoms in total. The fourth-order valence-electron chi connectivity index (χ4n) is 2.46. The third-order valence-corrected chi connectivity index (χ3v) is 4.94. The molecule has 0 heterocycles. The molecular weight excluding hydrogens is 396 g/mol. The van der Waals surface area contributed by atoms with E-state index in [0.29, 0.717) is 22.9 Å². The largest absolute Gasteiger partial charge is 0.493 e. The molecule has 2 aromatic carbocycles. The lowest BCUT2D eigenvalue weighted by atomic mass is 10.2. The summed E-state index contributed by atoms with van der Waals surface area (Å²) in [7, 11) is 0.783. The fourth-order valence-corrected chi connectivity index (χ4v) is 3.28. The number of carbonyl (C=O) groups is 1. The summed E-state index contributed by atoms with van der Waals surface area (Å²) in [6.45, 7) is -0.0439. The lowest BCUT2D eigenvalue weighted by molar-refractivity contribution is -0.116. The standard InChI is InChI=1S/C20H24N2O6S/c1-26-17-13-16(14-18(27-2)20(17)28-3)22-19(23)9-11-21-29(24,25)12-10-15-7-5-4-6-8-15/h4-8,10,12-14,21H,9,11H2,1-3H3,(H,22,23)/b12-10+. The Morgan fingerprint density at radius 1 is 1.00 bits per heavy atom. The lowest BCUT2D eigenvalue weighted by Gasteiger charge is -2.14. The van der Waals surface area contributed by atoms with Crippen molar-refractivity contribution < 1.29 is 27.4 Å². The van der Waals surface area contributed by atoms with Crippen molar-refractivity contribution in [2.24, 2.45) is 0 Å². The van der Waals surface area contributed by atoms with E-state index in [9.17, 15) is 13.2 Å². The van der Waals surface area contributed by atoms with E-state index < -0.39 is 10.0 Å². The second-order valence-corrected chi connectivity index (χ2v) is 7.52. The number of methoxy groups -OCH3 is 3. The van der Waals surface area contributed by atoms with Gasteiger partial charge in [0.05, 0.1) is 21.3 Å². The summed E-state index contributed by atoms with van der Waals surface area (Å²) in [6, 6.07) is 12.2. The minimum atomic E-state index is -3.65. The topological polar surface area (TPSA) is 103 Å². The number of nitrogens with one attached hydrogen (secondary N) is 2. The molecule has 0 saturated heterocycles. The molecule has 0 aliphatic rings. The van der Waals surface area contributed by atoms with Crippen molar-refractivity contribution in [3.63, 3.8) is 0 Å². The number of hydrogen-bond acceptors (Lipinski definition) is 6. The van der Waals surface area contributed by atoms with Gasteiger partial charge in [-0.05, 0) is 11.6 Å². The molecule has 0 aliphatic heterocycles. The van der Waals surface area contributed by atoms with Gasteiger partial charge in [0.1, 0.15) is 0 Å². The highest BCUT2D eigenvalue weighted by molar-refractivity contribution is 7.92. The third-order valence-electron chi connectivity index (χ3n) is 3.84. The van der Waals surface area contributed by atoms with Crippen molar-refractivity contribution in [2.75, 3.05) is 33.2 Å². The van der Waals surface area contributed by atoms with Crippen LogP contribution < -0.4 is 24.2 Å². The van der Waals surface area contributed by atoms with Gasteiger partial charge in [0.2, 0.25) is 21.7 Å². The number of benzene rings is 2. The molecule has 0 radical (unpaired) electrons. The number of carbonyl (C=O) groups excluding carboxylic acids is 1. The van der Waals surface area contributed by atoms with Crippen LogP contribution in [0.2, 0.25) is 0 Å². The highest BCUT2D eigenvalue weighted by atomic mass is 32.2. The predicted octanol–water partition coefficient (Wildman–Crippen LogP) is 2.63. The van der Waals surface area contributed by atoms with Crippen molar-refractivity contribution in [1.29, 1.82) is 0 Å². The Balaban J connectivity index is 1.92. The van der Waals surface area contributed by atoms with Crippen LogP contribution in [-0.4, -0.2) is 42.2 Å². The first-order chi connectivity index (χ1) is 13.9. The summed E-state index contributed by atoms with van der Waals surface area (Å²) in [5.74, 6) is 0.836. The molecule has 1 amide bonds. The summed E-state index contributed by atoms with van der Waals surface area (Å²) >= 11 is 0. The second kappa shape index (κ2) is 10.5. The smallest absolute Gasteiger partial charge is 0.233 e. The van der Waals surface area contributed by atoms with Crippen LogP contribution >= 0.6 is 0 Å². The van der Waals surface area contributed by atoms with Crippen LogP contribution in [-0.2, 0) is 14.8 Å². The number of anilines is 1. The maximum Gasteiger partial charge on any atom is 0.233 e. The van der Waals surface area contributed by atoms with Gasteiger partial charge < -0.3 is 19.5 Å². The van der Waals surface area contributed by atoms with Crippen LogP contribution in [0.5, 0.6) is 17.2 Å². The average Bonchev–Trinajstić information content (AvgIpc) is 2.72. The van der Waals surface area contributed by atoms with Gasteiger partial charge in [0, 0.05) is 36.2 Å². The monoisotopic (exact) mass is 420 g/mol. The maximum absolute atomic E-state index is 12.2. The second-order valence-electron chi connectivity index (χ2n) is 5.86. The van der Waals surface area contributed by atoms with Gasteiger partial charge in [-0.2, -0.15) is 0 Å². The number of rotatable bonds is 10. The van der Waals surface area contributed by atoms with E-state index in [4.69, 9.17) is 14.2 Å². The van der Waals surface area contributed by atoms with Gasteiger partial charge in [-0.1, -0.05) is 30.3 Å². The van der Waals surface area contributed by atoms with Crippen LogP contribution in [0.1, 0.15) is 12.0 Å². The molecule has 0 spiro atoms. The molecule has 0 unspecified atom stereocenters. The molecule has 2 rings (SSSR count). The fraction of sp³-hybridized carbons (Fsp3) is 0.250. The van der Waals surface area contributed by atoms with Gasteiger partial charge >= 0.3 is 0 Å². The Hall–Kier alpha value is -3.04. The molecule has 2 N–H and O–H groups in total.